The lowest BCUT2D eigenvalue weighted by Gasteiger charge is -2.09. The van der Waals surface area contributed by atoms with Crippen molar-refractivity contribution in [3.8, 4) is 5.69 Å². The molecule has 0 aliphatic carbocycles. The standard InChI is InChI=1S/C15H15N3/c1-3-12-4-5-13-14(9-12)17-11(2)8-15(13)18-7-6-16-10-18/h4-10H,3H2,1-2H3. The summed E-state index contributed by atoms with van der Waals surface area (Å²) in [5.41, 5.74) is 4.53. The van der Waals surface area contributed by atoms with Crippen molar-refractivity contribution < 1.29 is 0 Å². The van der Waals surface area contributed by atoms with Gasteiger partial charge in [0.25, 0.3) is 0 Å². The van der Waals surface area contributed by atoms with Crippen LogP contribution in [0.3, 0.4) is 0 Å². The molecule has 0 fully saturated rings. The van der Waals surface area contributed by atoms with Gasteiger partial charge in [0.05, 0.1) is 17.5 Å². The highest BCUT2D eigenvalue weighted by Gasteiger charge is 2.06. The zero-order chi connectivity index (χ0) is 12.5. The van der Waals surface area contributed by atoms with Crippen molar-refractivity contribution >= 4 is 10.9 Å². The van der Waals surface area contributed by atoms with E-state index < -0.39 is 0 Å². The number of imidazole rings is 1. The lowest BCUT2D eigenvalue weighted by atomic mass is 10.1. The Hall–Kier alpha value is -2.16. The molecule has 0 amide bonds. The minimum absolute atomic E-state index is 1.03. The van der Waals surface area contributed by atoms with Crippen molar-refractivity contribution in [2.45, 2.75) is 20.3 Å². The van der Waals surface area contributed by atoms with Crippen LogP contribution < -0.4 is 0 Å². The fourth-order valence-electron chi connectivity index (χ4n) is 2.22. The predicted molar refractivity (Wildman–Crippen MR) is 73.0 cm³/mol. The third-order valence-electron chi connectivity index (χ3n) is 3.17. The van der Waals surface area contributed by atoms with E-state index >= 15 is 0 Å². The van der Waals surface area contributed by atoms with Gasteiger partial charge < -0.3 is 4.57 Å². The first-order valence-corrected chi connectivity index (χ1v) is 6.16. The van der Waals surface area contributed by atoms with Crippen LogP contribution in [-0.2, 0) is 6.42 Å². The summed E-state index contributed by atoms with van der Waals surface area (Å²) < 4.78 is 2.03. The van der Waals surface area contributed by atoms with Gasteiger partial charge in [-0.1, -0.05) is 19.1 Å². The number of aromatic nitrogens is 3. The number of hydrogen-bond donors (Lipinski definition) is 0. The molecule has 2 heterocycles. The minimum Gasteiger partial charge on any atom is -0.306 e. The zero-order valence-electron chi connectivity index (χ0n) is 10.6. The van der Waals surface area contributed by atoms with Crippen LogP contribution in [0, 0.1) is 6.92 Å². The second-order valence-corrected chi connectivity index (χ2v) is 4.46. The molecule has 0 N–H and O–H groups in total. The summed E-state index contributed by atoms with van der Waals surface area (Å²) in [4.78, 5) is 8.73. The van der Waals surface area contributed by atoms with Gasteiger partial charge in [0, 0.05) is 23.5 Å². The number of nitrogens with zero attached hydrogens (tertiary/aromatic N) is 3. The van der Waals surface area contributed by atoms with Crippen LogP contribution in [0.25, 0.3) is 16.6 Å². The third-order valence-corrected chi connectivity index (χ3v) is 3.17. The average molecular weight is 237 g/mol. The monoisotopic (exact) mass is 237 g/mol. The van der Waals surface area contributed by atoms with Gasteiger partial charge in [0.1, 0.15) is 0 Å². The van der Waals surface area contributed by atoms with E-state index in [1.165, 1.54) is 5.56 Å². The summed E-state index contributed by atoms with van der Waals surface area (Å²) in [7, 11) is 0. The maximum atomic E-state index is 4.62. The molecule has 3 aromatic rings. The number of rotatable bonds is 2. The fourth-order valence-corrected chi connectivity index (χ4v) is 2.22. The molecule has 1 aromatic carbocycles. The molecule has 3 heteroatoms. The normalized spacial score (nSPS) is 11.0. The Kier molecular flexibility index (Phi) is 2.59. The third kappa shape index (κ3) is 1.78. The molecule has 18 heavy (non-hydrogen) atoms. The van der Waals surface area contributed by atoms with E-state index in [0.29, 0.717) is 0 Å². The Balaban J connectivity index is 2.31. The Morgan fingerprint density at radius 2 is 2.11 bits per heavy atom. The van der Waals surface area contributed by atoms with Crippen LogP contribution in [0.1, 0.15) is 18.2 Å². The molecule has 0 aliphatic heterocycles. The topological polar surface area (TPSA) is 30.7 Å². The number of hydrogen-bond acceptors (Lipinski definition) is 2. The largest absolute Gasteiger partial charge is 0.306 e. The molecular weight excluding hydrogens is 222 g/mol. The molecule has 90 valence electrons. The van der Waals surface area contributed by atoms with Gasteiger partial charge in [-0.25, -0.2) is 4.98 Å². The average Bonchev–Trinajstić information content (AvgIpc) is 2.90. The molecule has 0 radical (unpaired) electrons. The van der Waals surface area contributed by atoms with Gasteiger partial charge in [-0.2, -0.15) is 0 Å². The maximum absolute atomic E-state index is 4.62. The van der Waals surface area contributed by atoms with Crippen molar-refractivity contribution in [1.29, 1.82) is 0 Å². The molecule has 0 aliphatic rings. The van der Waals surface area contributed by atoms with Crippen LogP contribution >= 0.6 is 0 Å². The predicted octanol–water partition coefficient (Wildman–Crippen LogP) is 3.29. The number of aryl methyl sites for hydroxylation is 2. The lowest BCUT2D eigenvalue weighted by molar-refractivity contribution is 1.05. The van der Waals surface area contributed by atoms with Crippen LogP contribution in [-0.4, -0.2) is 14.5 Å². The van der Waals surface area contributed by atoms with E-state index in [-0.39, 0.29) is 0 Å². The van der Waals surface area contributed by atoms with Gasteiger partial charge in [0.2, 0.25) is 0 Å². The van der Waals surface area contributed by atoms with Crippen molar-refractivity contribution in [1.82, 2.24) is 14.5 Å². The lowest BCUT2D eigenvalue weighted by Crippen LogP contribution is -1.96. The Morgan fingerprint density at radius 3 is 2.83 bits per heavy atom. The molecular formula is C15H15N3. The number of benzene rings is 1. The van der Waals surface area contributed by atoms with E-state index in [9.17, 15) is 0 Å². The van der Waals surface area contributed by atoms with E-state index in [2.05, 4.69) is 41.2 Å². The number of fused-ring (bicyclic) bond motifs is 1. The van der Waals surface area contributed by atoms with Crippen LogP contribution in [0.4, 0.5) is 0 Å². The van der Waals surface area contributed by atoms with Gasteiger partial charge in [-0.15, -0.1) is 0 Å². The van der Waals surface area contributed by atoms with Crippen LogP contribution in [0.5, 0.6) is 0 Å². The molecule has 0 saturated heterocycles. The Labute approximate surface area is 106 Å². The molecule has 0 bridgehead atoms. The quantitative estimate of drug-likeness (QED) is 0.684. The van der Waals surface area contributed by atoms with Gasteiger partial charge in [-0.05, 0) is 31.0 Å². The van der Waals surface area contributed by atoms with Gasteiger partial charge >= 0.3 is 0 Å². The van der Waals surface area contributed by atoms with Crippen molar-refractivity contribution in [3.63, 3.8) is 0 Å². The summed E-state index contributed by atoms with van der Waals surface area (Å²) in [6, 6.07) is 8.58. The van der Waals surface area contributed by atoms with E-state index in [1.807, 2.05) is 24.0 Å². The van der Waals surface area contributed by atoms with E-state index in [1.54, 1.807) is 6.20 Å². The first kappa shape index (κ1) is 11.0. The van der Waals surface area contributed by atoms with Gasteiger partial charge in [-0.3, -0.25) is 4.98 Å². The van der Waals surface area contributed by atoms with Crippen molar-refractivity contribution in [2.24, 2.45) is 0 Å². The van der Waals surface area contributed by atoms with Crippen LogP contribution in [0.2, 0.25) is 0 Å². The smallest absolute Gasteiger partial charge is 0.0991 e. The SMILES string of the molecule is CCc1ccc2c(-n3ccnc3)cc(C)nc2c1. The second kappa shape index (κ2) is 4.26. The molecule has 0 saturated carbocycles. The van der Waals surface area contributed by atoms with Crippen LogP contribution in [0.15, 0.2) is 43.0 Å². The maximum Gasteiger partial charge on any atom is 0.0991 e. The summed E-state index contributed by atoms with van der Waals surface area (Å²) in [5.74, 6) is 0. The van der Waals surface area contributed by atoms with Crippen molar-refractivity contribution in [2.75, 3.05) is 0 Å². The van der Waals surface area contributed by atoms with E-state index in [4.69, 9.17) is 0 Å². The van der Waals surface area contributed by atoms with Gasteiger partial charge in [0.15, 0.2) is 0 Å². The summed E-state index contributed by atoms with van der Waals surface area (Å²) in [5, 5.41) is 1.16. The summed E-state index contributed by atoms with van der Waals surface area (Å²) in [6.07, 6.45) is 6.61. The fraction of sp³-hybridized carbons (Fsp3) is 0.200. The molecule has 2 aromatic heterocycles. The summed E-state index contributed by atoms with van der Waals surface area (Å²) >= 11 is 0. The Bertz CT molecular complexity index is 684. The highest BCUT2D eigenvalue weighted by Crippen LogP contribution is 2.23. The summed E-state index contributed by atoms with van der Waals surface area (Å²) in [6.45, 7) is 4.19. The molecule has 0 atom stereocenters. The first-order valence-electron chi connectivity index (χ1n) is 6.16. The molecule has 3 rings (SSSR count). The highest BCUT2D eigenvalue weighted by molar-refractivity contribution is 5.87. The number of pyridine rings is 1. The van der Waals surface area contributed by atoms with Crippen molar-refractivity contribution in [3.05, 3.63) is 54.2 Å². The highest BCUT2D eigenvalue weighted by atomic mass is 15.0. The molecule has 3 nitrogen and oxygen atoms in total. The Morgan fingerprint density at radius 1 is 1.22 bits per heavy atom. The zero-order valence-corrected chi connectivity index (χ0v) is 10.6. The van der Waals surface area contributed by atoms with E-state index in [0.717, 1.165) is 28.7 Å². The molecule has 0 unspecified atom stereocenters. The molecule has 0 spiro atoms. The second-order valence-electron chi connectivity index (χ2n) is 4.46. The first-order chi connectivity index (χ1) is 8.78. The minimum atomic E-state index is 1.03.